The van der Waals surface area contributed by atoms with Crippen molar-refractivity contribution in [3.8, 4) is 0 Å². The molecular formula is C16H17N3O3S. The molecule has 1 aliphatic carbocycles. The number of anilines is 1. The summed E-state index contributed by atoms with van der Waals surface area (Å²) in [5, 5.41) is 6.06. The lowest BCUT2D eigenvalue weighted by Crippen LogP contribution is -2.28. The van der Waals surface area contributed by atoms with Gasteiger partial charge in [0.1, 0.15) is 5.00 Å². The SMILES string of the molecule is COC(=O)c1c(NC(=O)NCc2ccccn2)sc2c1CCC2. The molecule has 6 nitrogen and oxygen atoms in total. The Morgan fingerprint density at radius 1 is 1.35 bits per heavy atom. The molecule has 2 N–H and O–H groups in total. The van der Waals surface area contributed by atoms with E-state index in [-0.39, 0.29) is 6.03 Å². The first-order chi connectivity index (χ1) is 11.2. The molecule has 0 radical (unpaired) electrons. The summed E-state index contributed by atoms with van der Waals surface area (Å²) in [6.45, 7) is 0.325. The number of urea groups is 1. The molecule has 23 heavy (non-hydrogen) atoms. The van der Waals surface area contributed by atoms with Crippen molar-refractivity contribution < 1.29 is 14.3 Å². The van der Waals surface area contributed by atoms with Crippen LogP contribution in [0.4, 0.5) is 9.80 Å². The van der Waals surface area contributed by atoms with Gasteiger partial charge in [0.05, 0.1) is 24.9 Å². The molecule has 2 amide bonds. The molecule has 7 heteroatoms. The third-order valence-electron chi connectivity index (χ3n) is 3.69. The van der Waals surface area contributed by atoms with Gasteiger partial charge in [0.25, 0.3) is 0 Å². The maximum Gasteiger partial charge on any atom is 0.341 e. The van der Waals surface area contributed by atoms with Crippen molar-refractivity contribution in [1.29, 1.82) is 0 Å². The number of thiophene rings is 1. The topological polar surface area (TPSA) is 80.3 Å². The molecular weight excluding hydrogens is 314 g/mol. The van der Waals surface area contributed by atoms with E-state index in [1.165, 1.54) is 18.4 Å². The number of nitrogens with one attached hydrogen (secondary N) is 2. The van der Waals surface area contributed by atoms with E-state index in [1.807, 2.05) is 18.2 Å². The molecule has 2 aromatic rings. The fourth-order valence-electron chi connectivity index (χ4n) is 2.63. The number of nitrogens with zero attached hydrogens (tertiary/aromatic N) is 1. The number of aromatic nitrogens is 1. The first-order valence-corrected chi connectivity index (χ1v) is 8.18. The van der Waals surface area contributed by atoms with Crippen LogP contribution in [0.5, 0.6) is 0 Å². The molecule has 0 saturated heterocycles. The minimum absolute atomic E-state index is 0.325. The lowest BCUT2D eigenvalue weighted by Gasteiger charge is -2.08. The third-order valence-corrected chi connectivity index (χ3v) is 4.90. The van der Waals surface area contributed by atoms with E-state index in [9.17, 15) is 9.59 Å². The standard InChI is InChI=1S/C16H17N3O3S/c1-22-15(20)13-11-6-4-7-12(11)23-14(13)19-16(21)18-9-10-5-2-3-8-17-10/h2-3,5,8H,4,6-7,9H2,1H3,(H2,18,19,21). The zero-order valence-electron chi connectivity index (χ0n) is 12.7. The van der Waals surface area contributed by atoms with Gasteiger partial charge in [-0.15, -0.1) is 11.3 Å². The number of fused-ring (bicyclic) bond motifs is 1. The number of carbonyl (C=O) groups excluding carboxylic acids is 2. The molecule has 2 aromatic heterocycles. The number of esters is 1. The highest BCUT2D eigenvalue weighted by atomic mass is 32.1. The summed E-state index contributed by atoms with van der Waals surface area (Å²) in [6, 6.07) is 5.15. The summed E-state index contributed by atoms with van der Waals surface area (Å²) in [4.78, 5) is 29.4. The van der Waals surface area contributed by atoms with Crippen LogP contribution in [0.15, 0.2) is 24.4 Å². The monoisotopic (exact) mass is 331 g/mol. The number of rotatable bonds is 4. The van der Waals surface area contributed by atoms with Crippen LogP contribution in [0.25, 0.3) is 0 Å². The zero-order chi connectivity index (χ0) is 16.2. The molecule has 120 valence electrons. The van der Waals surface area contributed by atoms with Gasteiger partial charge in [-0.05, 0) is 37.0 Å². The van der Waals surface area contributed by atoms with Gasteiger partial charge in [-0.25, -0.2) is 9.59 Å². The molecule has 0 aliphatic heterocycles. The Labute approximate surface area is 137 Å². The summed E-state index contributed by atoms with van der Waals surface area (Å²) in [5.41, 5.74) is 2.28. The highest BCUT2D eigenvalue weighted by Crippen LogP contribution is 2.39. The van der Waals surface area contributed by atoms with Crippen LogP contribution in [-0.4, -0.2) is 24.1 Å². The molecule has 3 rings (SSSR count). The second-order valence-electron chi connectivity index (χ2n) is 5.18. The molecule has 0 spiro atoms. The number of aryl methyl sites for hydroxylation is 1. The van der Waals surface area contributed by atoms with Gasteiger partial charge in [-0.3, -0.25) is 10.3 Å². The molecule has 0 unspecified atom stereocenters. The lowest BCUT2D eigenvalue weighted by atomic mass is 10.1. The van der Waals surface area contributed by atoms with Crippen molar-refractivity contribution in [2.75, 3.05) is 12.4 Å². The fourth-order valence-corrected chi connectivity index (χ4v) is 3.90. The Hall–Kier alpha value is -2.41. The smallest absolute Gasteiger partial charge is 0.341 e. The summed E-state index contributed by atoms with van der Waals surface area (Å²) < 4.78 is 4.86. The van der Waals surface area contributed by atoms with Crippen LogP contribution >= 0.6 is 11.3 Å². The number of carbonyl (C=O) groups is 2. The highest BCUT2D eigenvalue weighted by Gasteiger charge is 2.27. The molecule has 1 aliphatic rings. The van der Waals surface area contributed by atoms with Gasteiger partial charge in [0, 0.05) is 11.1 Å². The number of ether oxygens (including phenoxy) is 1. The normalized spacial score (nSPS) is 12.6. The fraction of sp³-hybridized carbons (Fsp3) is 0.312. The average Bonchev–Trinajstić information content (AvgIpc) is 3.14. The number of hydrogen-bond acceptors (Lipinski definition) is 5. The van der Waals surface area contributed by atoms with E-state index in [1.54, 1.807) is 6.20 Å². The summed E-state index contributed by atoms with van der Waals surface area (Å²) in [5.74, 6) is -0.399. The zero-order valence-corrected chi connectivity index (χ0v) is 13.5. The molecule has 0 bridgehead atoms. The maximum atomic E-state index is 12.1. The van der Waals surface area contributed by atoms with Crippen LogP contribution < -0.4 is 10.6 Å². The largest absolute Gasteiger partial charge is 0.465 e. The van der Waals surface area contributed by atoms with Crippen molar-refractivity contribution in [2.24, 2.45) is 0 Å². The molecule has 2 heterocycles. The van der Waals surface area contributed by atoms with E-state index in [0.29, 0.717) is 17.1 Å². The molecule has 0 aromatic carbocycles. The van der Waals surface area contributed by atoms with E-state index < -0.39 is 5.97 Å². The second kappa shape index (κ2) is 6.78. The third kappa shape index (κ3) is 3.34. The Morgan fingerprint density at radius 3 is 2.96 bits per heavy atom. The molecule has 0 saturated carbocycles. The summed E-state index contributed by atoms with van der Waals surface area (Å²) in [6.07, 6.45) is 4.51. The van der Waals surface area contributed by atoms with Gasteiger partial charge in [0.2, 0.25) is 0 Å². The van der Waals surface area contributed by atoms with Gasteiger partial charge in [0.15, 0.2) is 0 Å². The van der Waals surface area contributed by atoms with E-state index in [0.717, 1.165) is 35.4 Å². The van der Waals surface area contributed by atoms with Crippen molar-refractivity contribution in [1.82, 2.24) is 10.3 Å². The maximum absolute atomic E-state index is 12.1. The summed E-state index contributed by atoms with van der Waals surface area (Å²) >= 11 is 1.45. The van der Waals surface area contributed by atoms with E-state index >= 15 is 0 Å². The predicted molar refractivity (Wildman–Crippen MR) is 87.8 cm³/mol. The minimum Gasteiger partial charge on any atom is -0.465 e. The van der Waals surface area contributed by atoms with Gasteiger partial charge >= 0.3 is 12.0 Å². The average molecular weight is 331 g/mol. The van der Waals surface area contributed by atoms with Crippen molar-refractivity contribution in [3.05, 3.63) is 46.1 Å². The van der Waals surface area contributed by atoms with Crippen molar-refractivity contribution in [2.45, 2.75) is 25.8 Å². The number of amides is 2. The van der Waals surface area contributed by atoms with Gasteiger partial charge < -0.3 is 10.1 Å². The van der Waals surface area contributed by atoms with Crippen LogP contribution in [0.3, 0.4) is 0 Å². The number of pyridine rings is 1. The Morgan fingerprint density at radius 2 is 2.22 bits per heavy atom. The Kier molecular flexibility index (Phi) is 4.57. The Bertz CT molecular complexity index is 728. The number of hydrogen-bond donors (Lipinski definition) is 2. The number of methoxy groups -OCH3 is 1. The second-order valence-corrected chi connectivity index (χ2v) is 6.29. The molecule has 0 fully saturated rings. The summed E-state index contributed by atoms with van der Waals surface area (Å²) in [7, 11) is 1.35. The lowest BCUT2D eigenvalue weighted by molar-refractivity contribution is 0.0601. The van der Waals surface area contributed by atoms with E-state index in [4.69, 9.17) is 4.74 Å². The first-order valence-electron chi connectivity index (χ1n) is 7.36. The van der Waals surface area contributed by atoms with Crippen LogP contribution in [0.1, 0.15) is 32.9 Å². The van der Waals surface area contributed by atoms with E-state index in [2.05, 4.69) is 15.6 Å². The van der Waals surface area contributed by atoms with Crippen molar-refractivity contribution in [3.63, 3.8) is 0 Å². The Balaban J connectivity index is 1.70. The highest BCUT2D eigenvalue weighted by molar-refractivity contribution is 7.17. The quantitative estimate of drug-likeness (QED) is 0.844. The predicted octanol–water partition coefficient (Wildman–Crippen LogP) is 2.74. The van der Waals surface area contributed by atoms with Crippen LogP contribution in [0, 0.1) is 0 Å². The van der Waals surface area contributed by atoms with Crippen LogP contribution in [-0.2, 0) is 24.1 Å². The minimum atomic E-state index is -0.399. The van der Waals surface area contributed by atoms with Gasteiger partial charge in [-0.2, -0.15) is 0 Å². The van der Waals surface area contributed by atoms with Crippen LogP contribution in [0.2, 0.25) is 0 Å². The first kappa shape index (κ1) is 15.5. The van der Waals surface area contributed by atoms with Gasteiger partial charge in [-0.1, -0.05) is 6.07 Å². The molecule has 0 atom stereocenters. The van der Waals surface area contributed by atoms with Crippen molar-refractivity contribution >= 4 is 28.3 Å².